The Labute approximate surface area is 239 Å². The third-order valence-corrected chi connectivity index (χ3v) is 11.8. The van der Waals surface area contributed by atoms with Crippen molar-refractivity contribution in [1.29, 1.82) is 0 Å². The van der Waals surface area contributed by atoms with Crippen molar-refractivity contribution in [3.8, 4) is 0 Å². The van der Waals surface area contributed by atoms with E-state index in [1.54, 1.807) is 6.92 Å². The molecule has 5 rings (SSSR count). The maximum Gasteiger partial charge on any atom is 0.228 e. The number of likely N-dealkylation sites (tertiary alicyclic amines) is 2. The molecule has 6 unspecified atom stereocenters. The van der Waals surface area contributed by atoms with Crippen LogP contribution < -0.4 is 22.1 Å². The smallest absolute Gasteiger partial charge is 0.228 e. The van der Waals surface area contributed by atoms with E-state index in [9.17, 15) is 14.0 Å². The van der Waals surface area contributed by atoms with E-state index in [-0.39, 0.29) is 40.1 Å². The van der Waals surface area contributed by atoms with Crippen molar-refractivity contribution in [2.45, 2.75) is 109 Å². The molecule has 6 N–H and O–H groups in total. The Bertz CT molecular complexity index is 970. The standard InChI is InChI=1S/C30H52FN7O2/c1-4-29-14-21(31)16-35-22(15-30(29,5-2)18-29)25(26(32)33)27(40)36-23-17-34-10-6-24(23)37-11-7-28(8-12-37)9-13-38(19-28)20(3)39/h16,21-26,34H,4-15,17-19,32-33H2,1-3H3,(H,36,40)/t21?,22?,23?,24?,25?,29-,30?/m0/s1. The van der Waals surface area contributed by atoms with Crippen LogP contribution in [0, 0.1) is 22.2 Å². The number of nitrogens with one attached hydrogen (secondary N) is 2. The number of hydrogen-bond acceptors (Lipinski definition) is 7. The third kappa shape index (κ3) is 5.57. The number of fused-ring (bicyclic) bond motifs is 1. The molecule has 4 aliphatic heterocycles. The van der Waals surface area contributed by atoms with Gasteiger partial charge in [-0.25, -0.2) is 4.39 Å². The Kier molecular flexibility index (Phi) is 8.64. The molecule has 0 aromatic heterocycles. The number of aliphatic imine (C=N–C) groups is 1. The van der Waals surface area contributed by atoms with Crippen molar-refractivity contribution in [2.24, 2.45) is 38.6 Å². The third-order valence-electron chi connectivity index (χ3n) is 11.8. The summed E-state index contributed by atoms with van der Waals surface area (Å²) in [5.41, 5.74) is 12.8. The van der Waals surface area contributed by atoms with Crippen LogP contribution >= 0.6 is 0 Å². The molecule has 9 nitrogen and oxygen atoms in total. The predicted octanol–water partition coefficient (Wildman–Crippen LogP) is 1.80. The van der Waals surface area contributed by atoms with Crippen LogP contribution in [0.4, 0.5) is 4.39 Å². The van der Waals surface area contributed by atoms with Crippen molar-refractivity contribution in [3.05, 3.63) is 0 Å². The highest BCUT2D eigenvalue weighted by molar-refractivity contribution is 5.81. The maximum absolute atomic E-state index is 14.9. The molecule has 4 fully saturated rings. The van der Waals surface area contributed by atoms with E-state index in [1.807, 2.05) is 4.90 Å². The number of carbonyl (C=O) groups is 2. The summed E-state index contributed by atoms with van der Waals surface area (Å²) in [6.07, 6.45) is 7.74. The average Bonchev–Trinajstić information content (AvgIpc) is 3.32. The van der Waals surface area contributed by atoms with Gasteiger partial charge in [-0.3, -0.25) is 19.5 Å². The number of hydrogen-bond donors (Lipinski definition) is 4. The topological polar surface area (TPSA) is 129 Å². The minimum Gasteiger partial charge on any atom is -0.350 e. The molecule has 2 amide bonds. The van der Waals surface area contributed by atoms with Gasteiger partial charge < -0.3 is 27.0 Å². The number of amides is 2. The molecule has 0 aromatic rings. The summed E-state index contributed by atoms with van der Waals surface area (Å²) in [5, 5.41) is 6.80. The van der Waals surface area contributed by atoms with Crippen molar-refractivity contribution in [1.82, 2.24) is 20.4 Å². The number of nitrogens with two attached hydrogens (primary N) is 2. The van der Waals surface area contributed by atoms with Gasteiger partial charge in [0, 0.05) is 38.8 Å². The van der Waals surface area contributed by atoms with E-state index in [1.165, 1.54) is 6.21 Å². The van der Waals surface area contributed by atoms with Crippen LogP contribution in [-0.4, -0.2) is 97.6 Å². The van der Waals surface area contributed by atoms with Gasteiger partial charge in [0.25, 0.3) is 0 Å². The minimum absolute atomic E-state index is 0.00116. The lowest BCUT2D eigenvalue weighted by Gasteiger charge is -2.47. The second-order valence-corrected chi connectivity index (χ2v) is 13.7. The fraction of sp³-hybridized carbons (Fsp3) is 0.900. The van der Waals surface area contributed by atoms with E-state index >= 15 is 0 Å². The van der Waals surface area contributed by atoms with Gasteiger partial charge in [-0.1, -0.05) is 13.8 Å². The monoisotopic (exact) mass is 561 g/mol. The van der Waals surface area contributed by atoms with Gasteiger partial charge >= 0.3 is 0 Å². The summed E-state index contributed by atoms with van der Waals surface area (Å²) in [6.45, 7) is 11.3. The Morgan fingerprint density at radius 3 is 2.42 bits per heavy atom. The number of carbonyl (C=O) groups excluding carboxylic acids is 2. The largest absolute Gasteiger partial charge is 0.350 e. The van der Waals surface area contributed by atoms with Crippen molar-refractivity contribution in [3.63, 3.8) is 0 Å². The van der Waals surface area contributed by atoms with Crippen molar-refractivity contribution >= 4 is 18.0 Å². The fourth-order valence-electron chi connectivity index (χ4n) is 9.03. The summed E-state index contributed by atoms with van der Waals surface area (Å²) < 4.78 is 14.9. The summed E-state index contributed by atoms with van der Waals surface area (Å²) in [4.78, 5) is 35.0. The Hall–Kier alpha value is -1.62. The molecule has 0 aromatic carbocycles. The zero-order valence-electron chi connectivity index (χ0n) is 24.8. The van der Waals surface area contributed by atoms with E-state index in [0.717, 1.165) is 84.1 Å². The van der Waals surface area contributed by atoms with Crippen LogP contribution in [0.1, 0.15) is 78.6 Å². The minimum atomic E-state index is -1.11. The lowest BCUT2D eigenvalue weighted by atomic mass is 9.76. The van der Waals surface area contributed by atoms with Gasteiger partial charge in [0.2, 0.25) is 11.8 Å². The van der Waals surface area contributed by atoms with Crippen molar-refractivity contribution < 1.29 is 14.0 Å². The SMILES string of the molecule is CCC12CC(C(C(=O)NC3CNCCC3N3CCC4(CCN(C(C)=O)C4)CC3)C(N)N)N=CC(F)C[C@@]1(CC)C2. The van der Waals surface area contributed by atoms with E-state index in [2.05, 4.69) is 34.4 Å². The average molecular weight is 562 g/mol. The van der Waals surface area contributed by atoms with Crippen LogP contribution in [0.25, 0.3) is 0 Å². The first-order chi connectivity index (χ1) is 19.1. The Morgan fingerprint density at radius 2 is 1.80 bits per heavy atom. The number of alkyl halides is 1. The second kappa shape index (κ2) is 11.6. The zero-order chi connectivity index (χ0) is 28.7. The molecule has 3 saturated heterocycles. The molecular formula is C30H52FN7O2. The first kappa shape index (κ1) is 29.9. The van der Waals surface area contributed by atoms with Gasteiger partial charge in [-0.15, -0.1) is 0 Å². The lowest BCUT2D eigenvalue weighted by Crippen LogP contribution is -2.63. The molecule has 7 atom stereocenters. The highest BCUT2D eigenvalue weighted by atomic mass is 19.1. The molecule has 4 heterocycles. The molecule has 1 saturated carbocycles. The summed E-state index contributed by atoms with van der Waals surface area (Å²) in [7, 11) is 0. The number of nitrogens with zero attached hydrogens (tertiary/aromatic N) is 3. The first-order valence-corrected chi connectivity index (χ1v) is 15.8. The molecule has 40 heavy (non-hydrogen) atoms. The highest BCUT2D eigenvalue weighted by Gasteiger charge is 2.66. The molecule has 0 bridgehead atoms. The van der Waals surface area contributed by atoms with Crippen LogP contribution in [0.15, 0.2) is 4.99 Å². The van der Waals surface area contributed by atoms with Crippen LogP contribution in [0.3, 0.4) is 0 Å². The van der Waals surface area contributed by atoms with Gasteiger partial charge in [0.05, 0.1) is 24.2 Å². The van der Waals surface area contributed by atoms with Crippen molar-refractivity contribution in [2.75, 3.05) is 39.3 Å². The van der Waals surface area contributed by atoms with Gasteiger partial charge in [0.15, 0.2) is 0 Å². The zero-order valence-corrected chi connectivity index (χ0v) is 24.8. The Morgan fingerprint density at radius 1 is 1.12 bits per heavy atom. The second-order valence-electron chi connectivity index (χ2n) is 13.7. The van der Waals surface area contributed by atoms with Crippen LogP contribution in [0.5, 0.6) is 0 Å². The van der Waals surface area contributed by atoms with Gasteiger partial charge in [-0.2, -0.15) is 0 Å². The molecule has 5 aliphatic rings. The number of piperidine rings is 2. The van der Waals surface area contributed by atoms with E-state index in [0.29, 0.717) is 13.0 Å². The number of halogens is 1. The fourth-order valence-corrected chi connectivity index (χ4v) is 9.03. The number of rotatable bonds is 7. The van der Waals surface area contributed by atoms with E-state index in [4.69, 9.17) is 11.5 Å². The molecular weight excluding hydrogens is 509 g/mol. The molecule has 10 heteroatoms. The van der Waals surface area contributed by atoms with E-state index < -0.39 is 24.3 Å². The summed E-state index contributed by atoms with van der Waals surface area (Å²) in [6, 6.07) is -0.254. The van der Waals surface area contributed by atoms with Crippen LogP contribution in [0.2, 0.25) is 0 Å². The maximum atomic E-state index is 14.9. The normalized spacial score (nSPS) is 38.5. The van der Waals surface area contributed by atoms with Gasteiger partial charge in [-0.05, 0) is 93.7 Å². The molecule has 226 valence electrons. The molecule has 1 aliphatic carbocycles. The first-order valence-electron chi connectivity index (χ1n) is 15.8. The quantitative estimate of drug-likeness (QED) is 0.351. The predicted molar refractivity (Wildman–Crippen MR) is 155 cm³/mol. The molecule has 1 spiro atoms. The lowest BCUT2D eigenvalue weighted by molar-refractivity contribution is -0.128. The molecule has 0 radical (unpaired) electrons. The van der Waals surface area contributed by atoms with Crippen LogP contribution in [-0.2, 0) is 9.59 Å². The summed E-state index contributed by atoms with van der Waals surface area (Å²) >= 11 is 0. The summed E-state index contributed by atoms with van der Waals surface area (Å²) in [5.74, 6) is -0.693. The Balaban J connectivity index is 1.26. The highest BCUT2D eigenvalue weighted by Crippen LogP contribution is 2.73. The van der Waals surface area contributed by atoms with Gasteiger partial charge in [0.1, 0.15) is 6.17 Å².